The van der Waals surface area contributed by atoms with Crippen molar-refractivity contribution in [1.29, 1.82) is 0 Å². The first-order valence-electron chi connectivity index (χ1n) is 4.18. The van der Waals surface area contributed by atoms with E-state index in [1.807, 2.05) is 60.9 Å². The highest BCUT2D eigenvalue weighted by molar-refractivity contribution is 7.91. The van der Waals surface area contributed by atoms with Gasteiger partial charge in [0.15, 0.2) is 0 Å². The summed E-state index contributed by atoms with van der Waals surface area (Å²) in [5.41, 5.74) is 1.12. The first-order valence-corrected chi connectivity index (χ1v) is 5.06. The SMILES string of the molecule is C/C=C\C=C\S#Cc1ccccc1. The first-order chi connectivity index (χ1) is 6.43. The lowest BCUT2D eigenvalue weighted by atomic mass is 10.2. The monoisotopic (exact) mass is 188 g/mol. The highest BCUT2D eigenvalue weighted by Gasteiger charge is 1.78. The highest BCUT2D eigenvalue weighted by Crippen LogP contribution is 1.98. The van der Waals surface area contributed by atoms with Crippen LogP contribution in [0, 0.1) is 5.18 Å². The molecule has 0 aliphatic carbocycles. The van der Waals surface area contributed by atoms with Crippen LogP contribution in [-0.4, -0.2) is 0 Å². The van der Waals surface area contributed by atoms with Crippen LogP contribution in [0.5, 0.6) is 0 Å². The third-order valence-electron chi connectivity index (χ3n) is 1.40. The maximum atomic E-state index is 3.20. The van der Waals surface area contributed by atoms with Crippen molar-refractivity contribution in [2.75, 3.05) is 0 Å². The highest BCUT2D eigenvalue weighted by atomic mass is 32.1. The Morgan fingerprint density at radius 3 is 2.62 bits per heavy atom. The van der Waals surface area contributed by atoms with Crippen molar-refractivity contribution in [3.63, 3.8) is 0 Å². The molecular weight excluding hydrogens is 176 g/mol. The van der Waals surface area contributed by atoms with Crippen LogP contribution in [-0.2, 0) is 0 Å². The zero-order valence-electron chi connectivity index (χ0n) is 7.60. The van der Waals surface area contributed by atoms with E-state index in [0.717, 1.165) is 5.56 Å². The Morgan fingerprint density at radius 2 is 1.92 bits per heavy atom. The van der Waals surface area contributed by atoms with E-state index in [1.54, 1.807) is 11.2 Å². The summed E-state index contributed by atoms with van der Waals surface area (Å²) in [7, 11) is 0. The fourth-order valence-electron chi connectivity index (χ4n) is 0.804. The van der Waals surface area contributed by atoms with Gasteiger partial charge in [-0.3, -0.25) is 0 Å². The van der Waals surface area contributed by atoms with Gasteiger partial charge in [-0.1, -0.05) is 36.4 Å². The van der Waals surface area contributed by atoms with E-state index >= 15 is 0 Å². The summed E-state index contributed by atoms with van der Waals surface area (Å²) < 4.78 is 0. The van der Waals surface area contributed by atoms with Gasteiger partial charge in [0.05, 0.1) is 0 Å². The largest absolute Gasteiger partial charge is 0.100 e. The quantitative estimate of drug-likeness (QED) is 0.588. The molecule has 0 heterocycles. The number of allylic oxidation sites excluding steroid dienone is 3. The van der Waals surface area contributed by atoms with Crippen molar-refractivity contribution >= 4 is 11.2 Å². The molecule has 1 aromatic rings. The van der Waals surface area contributed by atoms with Crippen LogP contribution in [0.1, 0.15) is 12.5 Å². The lowest BCUT2D eigenvalue weighted by Crippen LogP contribution is -1.66. The first kappa shape index (κ1) is 9.79. The number of rotatable bonds is 1. The van der Waals surface area contributed by atoms with E-state index in [9.17, 15) is 0 Å². The summed E-state index contributed by atoms with van der Waals surface area (Å²) >= 11 is 1.56. The van der Waals surface area contributed by atoms with E-state index in [1.165, 1.54) is 0 Å². The van der Waals surface area contributed by atoms with Crippen LogP contribution in [0.2, 0.25) is 0 Å². The molecule has 0 bridgehead atoms. The molecule has 13 heavy (non-hydrogen) atoms. The number of benzene rings is 1. The number of hydrogen-bond donors (Lipinski definition) is 0. The van der Waals surface area contributed by atoms with E-state index in [4.69, 9.17) is 0 Å². The molecule has 0 fully saturated rings. The summed E-state index contributed by atoms with van der Waals surface area (Å²) in [6.07, 6.45) is 6.00. The maximum Gasteiger partial charge on any atom is 0.0271 e. The molecule has 0 nitrogen and oxygen atoms in total. The third kappa shape index (κ3) is 4.32. The summed E-state index contributed by atoms with van der Waals surface area (Å²) in [4.78, 5) is 0. The minimum absolute atomic E-state index is 1.12. The smallest absolute Gasteiger partial charge is 0.0271 e. The molecule has 0 saturated heterocycles. The van der Waals surface area contributed by atoms with Crippen molar-refractivity contribution in [1.82, 2.24) is 0 Å². The predicted molar refractivity (Wildman–Crippen MR) is 61.0 cm³/mol. The Morgan fingerprint density at radius 1 is 1.15 bits per heavy atom. The van der Waals surface area contributed by atoms with Crippen LogP contribution in [0.15, 0.2) is 54.0 Å². The van der Waals surface area contributed by atoms with Gasteiger partial charge in [-0.15, -0.1) is 11.2 Å². The van der Waals surface area contributed by atoms with Crippen LogP contribution in [0.4, 0.5) is 0 Å². The van der Waals surface area contributed by atoms with Gasteiger partial charge < -0.3 is 0 Å². The second kappa shape index (κ2) is 6.24. The van der Waals surface area contributed by atoms with Crippen molar-refractivity contribution in [3.8, 4) is 5.18 Å². The minimum Gasteiger partial charge on any atom is -0.100 e. The van der Waals surface area contributed by atoms with E-state index in [-0.39, 0.29) is 0 Å². The summed E-state index contributed by atoms with van der Waals surface area (Å²) in [5.74, 6) is 0. The lowest BCUT2D eigenvalue weighted by molar-refractivity contribution is 1.66. The molecule has 0 N–H and O–H groups in total. The molecule has 0 aliphatic heterocycles. The molecular formula is C12H12S. The molecule has 1 rings (SSSR count). The molecule has 1 aromatic carbocycles. The van der Waals surface area contributed by atoms with Gasteiger partial charge in [-0.2, -0.15) is 0 Å². The molecule has 0 amide bonds. The molecule has 0 spiro atoms. The minimum atomic E-state index is 1.12. The Bertz CT molecular complexity index is 350. The van der Waals surface area contributed by atoms with Gasteiger partial charge >= 0.3 is 0 Å². The fourth-order valence-corrected chi connectivity index (χ4v) is 1.31. The van der Waals surface area contributed by atoms with Gasteiger partial charge in [0, 0.05) is 5.56 Å². The van der Waals surface area contributed by atoms with Crippen LogP contribution >= 0.6 is 11.2 Å². The zero-order valence-corrected chi connectivity index (χ0v) is 8.42. The van der Waals surface area contributed by atoms with E-state index in [2.05, 4.69) is 5.18 Å². The molecule has 0 unspecified atom stereocenters. The predicted octanol–water partition coefficient (Wildman–Crippen LogP) is 3.82. The van der Waals surface area contributed by atoms with Crippen LogP contribution < -0.4 is 0 Å². The third-order valence-corrected chi connectivity index (χ3v) is 2.05. The Kier molecular flexibility index (Phi) is 4.70. The second-order valence-electron chi connectivity index (χ2n) is 2.44. The average Bonchev–Trinajstić information content (AvgIpc) is 2.19. The van der Waals surface area contributed by atoms with Crippen molar-refractivity contribution in [2.24, 2.45) is 0 Å². The zero-order chi connectivity index (χ0) is 9.36. The van der Waals surface area contributed by atoms with E-state index < -0.39 is 0 Å². The molecule has 1 heteroatoms. The molecule has 0 atom stereocenters. The molecule has 66 valence electrons. The second-order valence-corrected chi connectivity index (χ2v) is 3.15. The Labute approximate surface area is 83.2 Å². The van der Waals surface area contributed by atoms with Crippen molar-refractivity contribution < 1.29 is 0 Å². The van der Waals surface area contributed by atoms with Gasteiger partial charge in [-0.25, -0.2) is 0 Å². The van der Waals surface area contributed by atoms with Gasteiger partial charge in [-0.05, 0) is 29.6 Å². The normalized spacial score (nSPS) is 10.5. The molecule has 0 aromatic heterocycles. The molecule has 0 saturated carbocycles. The topological polar surface area (TPSA) is 0 Å². The number of hydrogen-bond acceptors (Lipinski definition) is 0. The van der Waals surface area contributed by atoms with Gasteiger partial charge in [0.2, 0.25) is 0 Å². The standard InChI is InChI=1S/C12H12S/c1-2-3-7-10-13-11-12-8-5-4-6-9-12/h2-10H,1H3/b3-2-,10-7+. The Balaban J connectivity index is 2.58. The van der Waals surface area contributed by atoms with Crippen molar-refractivity contribution in [2.45, 2.75) is 6.92 Å². The molecule has 0 aliphatic rings. The van der Waals surface area contributed by atoms with Gasteiger partial charge in [0.25, 0.3) is 0 Å². The van der Waals surface area contributed by atoms with Crippen molar-refractivity contribution in [3.05, 3.63) is 59.5 Å². The van der Waals surface area contributed by atoms with E-state index in [0.29, 0.717) is 0 Å². The maximum absolute atomic E-state index is 3.20. The summed E-state index contributed by atoms with van der Waals surface area (Å²) in [5, 5.41) is 5.21. The van der Waals surface area contributed by atoms with Gasteiger partial charge in [0.1, 0.15) is 0 Å². The molecule has 0 radical (unpaired) electrons. The Hall–Kier alpha value is -1.30. The summed E-state index contributed by atoms with van der Waals surface area (Å²) in [6.45, 7) is 2.00. The lowest BCUT2D eigenvalue weighted by Gasteiger charge is -1.83. The fraction of sp³-hybridized carbons (Fsp3) is 0.0833. The summed E-state index contributed by atoms with van der Waals surface area (Å²) in [6, 6.07) is 10.1. The van der Waals surface area contributed by atoms with Crippen LogP contribution in [0.3, 0.4) is 0 Å². The average molecular weight is 188 g/mol. The van der Waals surface area contributed by atoms with Crippen LogP contribution in [0.25, 0.3) is 0 Å².